The van der Waals surface area contributed by atoms with Gasteiger partial charge in [-0.2, -0.15) is 0 Å². The molecule has 1 aromatic heterocycles. The molecule has 1 spiro atoms. The fourth-order valence-electron chi connectivity index (χ4n) is 8.91. The van der Waals surface area contributed by atoms with Gasteiger partial charge in [-0.05, 0) is 78.9 Å². The molecule has 0 N–H and O–H groups in total. The van der Waals surface area contributed by atoms with Crippen molar-refractivity contribution in [2.45, 2.75) is 5.41 Å². The van der Waals surface area contributed by atoms with Gasteiger partial charge >= 0.3 is 0 Å². The molecule has 11 rings (SSSR count). The summed E-state index contributed by atoms with van der Waals surface area (Å²) in [6.45, 7) is 0. The molecule has 2 aliphatic rings. The average Bonchev–Trinajstić information content (AvgIpc) is 3.74. The third kappa shape index (κ3) is 4.87. The molecule has 0 saturated carbocycles. The lowest BCUT2D eigenvalue weighted by Gasteiger charge is -2.30. The second-order valence-electron chi connectivity index (χ2n) is 14.3. The summed E-state index contributed by atoms with van der Waals surface area (Å²) >= 11 is 0. The minimum atomic E-state index is -0.392. The summed E-state index contributed by atoms with van der Waals surface area (Å²) in [5.41, 5.74) is 17.6. The highest BCUT2D eigenvalue weighted by atomic mass is 15.0. The summed E-state index contributed by atoms with van der Waals surface area (Å²) in [4.78, 5) is 15.2. The van der Waals surface area contributed by atoms with Gasteiger partial charge in [0.05, 0.1) is 5.41 Å². The van der Waals surface area contributed by atoms with Crippen molar-refractivity contribution < 1.29 is 0 Å². The van der Waals surface area contributed by atoms with Crippen LogP contribution in [0.5, 0.6) is 0 Å². The smallest absolute Gasteiger partial charge is 0.164 e. The van der Waals surface area contributed by atoms with Crippen molar-refractivity contribution in [3.05, 3.63) is 222 Å². The number of nitrogens with zero attached hydrogens (tertiary/aromatic N) is 3. The molecule has 0 radical (unpaired) electrons. The maximum absolute atomic E-state index is 5.11. The Balaban J connectivity index is 1.05. The first-order chi connectivity index (χ1) is 27.3. The first-order valence-electron chi connectivity index (χ1n) is 18.8. The summed E-state index contributed by atoms with van der Waals surface area (Å²) in [6.07, 6.45) is 0. The van der Waals surface area contributed by atoms with E-state index < -0.39 is 5.41 Å². The van der Waals surface area contributed by atoms with Crippen molar-refractivity contribution in [1.29, 1.82) is 0 Å². The normalized spacial score (nSPS) is 12.9. The van der Waals surface area contributed by atoms with Crippen LogP contribution >= 0.6 is 0 Å². The van der Waals surface area contributed by atoms with Crippen LogP contribution in [0, 0.1) is 0 Å². The predicted octanol–water partition coefficient (Wildman–Crippen LogP) is 12.6. The molecule has 8 aromatic carbocycles. The van der Waals surface area contributed by atoms with Crippen LogP contribution in [-0.2, 0) is 5.41 Å². The van der Waals surface area contributed by atoms with Crippen LogP contribution in [-0.4, -0.2) is 15.0 Å². The zero-order valence-corrected chi connectivity index (χ0v) is 29.9. The molecule has 0 saturated heterocycles. The third-order valence-corrected chi connectivity index (χ3v) is 11.4. The highest BCUT2D eigenvalue weighted by Crippen LogP contribution is 2.63. The standard InChI is InChI=1S/C52H33N3/c1-3-14-34(15-4-1)35-26-28-37(29-27-35)50-53-49(36-16-5-2-6-17-36)54-51(55-50)40-19-13-18-38(32-40)39-30-31-44-43-22-9-12-25-47(43)52(48(44)33-39)45-23-10-7-20-41(45)42-21-8-11-24-46(42)52/h1-33H. The molecular formula is C52H33N3. The SMILES string of the molecule is c1ccc(-c2ccc(-c3nc(-c4ccccc4)nc(-c4cccc(-c5ccc6c(c5)C5(c7ccccc7-c7ccccc75)c5ccccc5-6)c4)n3)cc2)cc1. The van der Waals surface area contributed by atoms with Gasteiger partial charge in [-0.3, -0.25) is 0 Å². The summed E-state index contributed by atoms with van der Waals surface area (Å²) in [5, 5.41) is 0. The highest BCUT2D eigenvalue weighted by Gasteiger charge is 2.51. The van der Waals surface area contributed by atoms with Crippen molar-refractivity contribution in [2.75, 3.05) is 0 Å². The molecule has 3 nitrogen and oxygen atoms in total. The van der Waals surface area contributed by atoms with E-state index in [-0.39, 0.29) is 0 Å². The van der Waals surface area contributed by atoms with Gasteiger partial charge < -0.3 is 0 Å². The lowest BCUT2D eigenvalue weighted by Crippen LogP contribution is -2.25. The minimum absolute atomic E-state index is 0.392. The maximum Gasteiger partial charge on any atom is 0.164 e. The van der Waals surface area contributed by atoms with Crippen molar-refractivity contribution in [1.82, 2.24) is 15.0 Å². The average molecular weight is 700 g/mol. The molecule has 0 aliphatic heterocycles. The Labute approximate surface area is 320 Å². The van der Waals surface area contributed by atoms with Crippen molar-refractivity contribution in [3.63, 3.8) is 0 Å². The summed E-state index contributed by atoms with van der Waals surface area (Å²) < 4.78 is 0. The zero-order chi connectivity index (χ0) is 36.3. The molecular weight excluding hydrogens is 667 g/mol. The maximum atomic E-state index is 5.11. The van der Waals surface area contributed by atoms with Gasteiger partial charge in [-0.25, -0.2) is 15.0 Å². The Hall–Kier alpha value is -7.23. The number of fused-ring (bicyclic) bond motifs is 10. The Kier molecular flexibility index (Phi) is 7.08. The fourth-order valence-corrected chi connectivity index (χ4v) is 8.91. The molecule has 0 atom stereocenters. The van der Waals surface area contributed by atoms with Crippen LogP contribution in [0.3, 0.4) is 0 Å². The van der Waals surface area contributed by atoms with Crippen LogP contribution in [0.2, 0.25) is 0 Å². The summed E-state index contributed by atoms with van der Waals surface area (Å²) in [5.74, 6) is 1.93. The largest absolute Gasteiger partial charge is 0.208 e. The van der Waals surface area contributed by atoms with Crippen LogP contribution in [0.25, 0.3) is 78.7 Å². The quantitative estimate of drug-likeness (QED) is 0.179. The summed E-state index contributed by atoms with van der Waals surface area (Å²) in [7, 11) is 0. The van der Waals surface area contributed by atoms with E-state index in [0.717, 1.165) is 33.4 Å². The van der Waals surface area contributed by atoms with Gasteiger partial charge in [-0.1, -0.05) is 188 Å². The van der Waals surface area contributed by atoms with Crippen molar-refractivity contribution in [3.8, 4) is 78.7 Å². The lowest BCUT2D eigenvalue weighted by molar-refractivity contribution is 0.794. The molecule has 9 aromatic rings. The van der Waals surface area contributed by atoms with E-state index in [1.165, 1.54) is 50.1 Å². The molecule has 1 heterocycles. The first-order valence-corrected chi connectivity index (χ1v) is 18.8. The summed E-state index contributed by atoms with van der Waals surface area (Å²) in [6, 6.07) is 71.6. The third-order valence-electron chi connectivity index (χ3n) is 11.4. The van der Waals surface area contributed by atoms with E-state index >= 15 is 0 Å². The molecule has 0 fully saturated rings. The minimum Gasteiger partial charge on any atom is -0.208 e. The van der Waals surface area contributed by atoms with E-state index in [9.17, 15) is 0 Å². The Morgan fingerprint density at radius 3 is 1.18 bits per heavy atom. The van der Waals surface area contributed by atoms with E-state index in [1.807, 2.05) is 24.3 Å². The molecule has 0 amide bonds. The molecule has 2 aliphatic carbocycles. The van der Waals surface area contributed by atoms with Gasteiger partial charge in [0.1, 0.15) is 0 Å². The second-order valence-corrected chi connectivity index (χ2v) is 14.3. The Morgan fingerprint density at radius 2 is 0.600 bits per heavy atom. The van der Waals surface area contributed by atoms with Gasteiger partial charge in [-0.15, -0.1) is 0 Å². The van der Waals surface area contributed by atoms with E-state index in [0.29, 0.717) is 17.5 Å². The fraction of sp³-hybridized carbons (Fsp3) is 0.0192. The number of aromatic nitrogens is 3. The van der Waals surface area contributed by atoms with Gasteiger partial charge in [0.2, 0.25) is 0 Å². The van der Waals surface area contributed by atoms with Crippen LogP contribution in [0.15, 0.2) is 200 Å². The Morgan fingerprint density at radius 1 is 0.236 bits per heavy atom. The van der Waals surface area contributed by atoms with E-state index in [2.05, 4.69) is 176 Å². The molecule has 55 heavy (non-hydrogen) atoms. The molecule has 0 bridgehead atoms. The lowest BCUT2D eigenvalue weighted by atomic mass is 9.70. The topological polar surface area (TPSA) is 38.7 Å². The van der Waals surface area contributed by atoms with Crippen LogP contribution in [0.1, 0.15) is 22.3 Å². The monoisotopic (exact) mass is 699 g/mol. The van der Waals surface area contributed by atoms with Crippen LogP contribution < -0.4 is 0 Å². The molecule has 0 unspecified atom stereocenters. The van der Waals surface area contributed by atoms with E-state index in [4.69, 9.17) is 15.0 Å². The first kappa shape index (κ1) is 31.3. The molecule has 3 heteroatoms. The predicted molar refractivity (Wildman–Crippen MR) is 223 cm³/mol. The van der Waals surface area contributed by atoms with Crippen LogP contribution in [0.4, 0.5) is 0 Å². The van der Waals surface area contributed by atoms with Gasteiger partial charge in [0, 0.05) is 16.7 Å². The number of benzene rings is 8. The highest BCUT2D eigenvalue weighted by molar-refractivity contribution is 5.96. The van der Waals surface area contributed by atoms with Crippen molar-refractivity contribution >= 4 is 0 Å². The number of rotatable bonds is 5. The zero-order valence-electron chi connectivity index (χ0n) is 29.9. The number of hydrogen-bond donors (Lipinski definition) is 0. The second kappa shape index (κ2) is 12.4. The van der Waals surface area contributed by atoms with Gasteiger partial charge in [0.15, 0.2) is 17.5 Å². The Bertz CT molecular complexity index is 2850. The van der Waals surface area contributed by atoms with Gasteiger partial charge in [0.25, 0.3) is 0 Å². The van der Waals surface area contributed by atoms with Crippen molar-refractivity contribution in [2.24, 2.45) is 0 Å². The molecule has 256 valence electrons. The van der Waals surface area contributed by atoms with E-state index in [1.54, 1.807) is 0 Å². The number of hydrogen-bond acceptors (Lipinski definition) is 3.